The molecule has 0 aromatic rings. The first kappa shape index (κ1) is 23.1. The summed E-state index contributed by atoms with van der Waals surface area (Å²) in [5.74, 6) is 0. The summed E-state index contributed by atoms with van der Waals surface area (Å²) in [6, 6.07) is 0. The average Bonchev–Trinajstić information content (AvgIpc) is 2.63. The van der Waals surface area contributed by atoms with Crippen molar-refractivity contribution in [1.29, 1.82) is 0 Å². The fourth-order valence-corrected chi connectivity index (χ4v) is 2.36. The Labute approximate surface area is 155 Å². The quantitative estimate of drug-likeness (QED) is 0.163. The fraction of sp³-hybridized carbons (Fsp3) is 0.458. The van der Waals surface area contributed by atoms with E-state index in [0.717, 1.165) is 0 Å². The molecule has 0 atom stereocenters. The Hall–Kier alpha value is -1.89. The van der Waals surface area contributed by atoms with Gasteiger partial charge in [-0.3, -0.25) is 4.79 Å². The molecule has 0 saturated carbocycles. The van der Waals surface area contributed by atoms with Crippen LogP contribution < -0.4 is 0 Å². The molecule has 0 aromatic carbocycles. The summed E-state index contributed by atoms with van der Waals surface area (Å²) in [5, 5.41) is 0. The maximum Gasteiger partial charge on any atom is 0.225 e. The molecule has 1 heteroatoms. The molecular weight excluding hydrogens is 304 g/mol. The van der Waals surface area contributed by atoms with Gasteiger partial charge in [-0.2, -0.15) is 0 Å². The smallest absolute Gasteiger partial charge is 0.225 e. The van der Waals surface area contributed by atoms with Gasteiger partial charge in [0.1, 0.15) is 0 Å². The first-order chi connectivity index (χ1) is 12.4. The third-order valence-electron chi connectivity index (χ3n) is 3.77. The summed E-state index contributed by atoms with van der Waals surface area (Å²) in [6.07, 6.45) is 38.3. The van der Waals surface area contributed by atoms with Gasteiger partial charge in [-0.05, 0) is 18.9 Å². The topological polar surface area (TPSA) is 17.1 Å². The number of unbranched alkanes of at least 4 members (excludes halogenated alkanes) is 9. The van der Waals surface area contributed by atoms with E-state index in [1.807, 2.05) is 36.5 Å². The maximum absolute atomic E-state index is 9.92. The molecule has 0 aliphatic carbocycles. The van der Waals surface area contributed by atoms with Gasteiger partial charge in [0.05, 0.1) is 0 Å². The van der Waals surface area contributed by atoms with Crippen LogP contribution in [0, 0.1) is 0 Å². The van der Waals surface area contributed by atoms with Crippen LogP contribution in [0.25, 0.3) is 0 Å². The van der Waals surface area contributed by atoms with E-state index in [2.05, 4.69) is 25.2 Å². The molecule has 0 bridgehead atoms. The highest BCUT2D eigenvalue weighted by Gasteiger charge is 1.90. The van der Waals surface area contributed by atoms with Crippen LogP contribution in [0.3, 0.4) is 0 Å². The zero-order valence-corrected chi connectivity index (χ0v) is 15.9. The van der Waals surface area contributed by atoms with E-state index in [4.69, 9.17) is 0 Å². The van der Waals surface area contributed by atoms with Gasteiger partial charge in [0.15, 0.2) is 0 Å². The number of hydrogen-bond donors (Lipinski definition) is 0. The number of rotatable bonds is 16. The van der Waals surface area contributed by atoms with Crippen molar-refractivity contribution in [3.63, 3.8) is 0 Å². The van der Waals surface area contributed by atoms with E-state index < -0.39 is 0 Å². The van der Waals surface area contributed by atoms with E-state index in [0.29, 0.717) is 0 Å². The maximum atomic E-state index is 9.92. The minimum Gasteiger partial charge on any atom is -0.286 e. The summed E-state index contributed by atoms with van der Waals surface area (Å²) in [4.78, 5) is 9.92. The highest BCUT2D eigenvalue weighted by atomic mass is 16.1. The van der Waals surface area contributed by atoms with Gasteiger partial charge < -0.3 is 0 Å². The Morgan fingerprint density at radius 1 is 0.560 bits per heavy atom. The monoisotopic (exact) mass is 339 g/mol. The van der Waals surface area contributed by atoms with E-state index in [1.54, 1.807) is 18.4 Å². The van der Waals surface area contributed by atoms with E-state index in [-0.39, 0.29) is 0 Å². The first-order valence-corrected chi connectivity index (χ1v) is 9.77. The number of carbonyl (C=O) groups excluding carboxylic acids is 1. The predicted octanol–water partition coefficient (Wildman–Crippen LogP) is 7.35. The molecule has 0 amide bonds. The Morgan fingerprint density at radius 2 is 1.00 bits per heavy atom. The van der Waals surface area contributed by atoms with Gasteiger partial charge in [-0.25, -0.2) is 0 Å². The summed E-state index contributed by atoms with van der Waals surface area (Å²) < 4.78 is 0. The Kier molecular flexibility index (Phi) is 20.4. The van der Waals surface area contributed by atoms with Crippen molar-refractivity contribution in [2.45, 2.75) is 71.1 Å². The summed E-state index contributed by atoms with van der Waals surface area (Å²) >= 11 is 0. The van der Waals surface area contributed by atoms with Crippen molar-refractivity contribution in [2.24, 2.45) is 0 Å². The van der Waals surface area contributed by atoms with Crippen molar-refractivity contribution >= 4 is 6.29 Å². The zero-order valence-electron chi connectivity index (χ0n) is 15.9. The summed E-state index contributed by atoms with van der Waals surface area (Å²) in [7, 11) is 0. The van der Waals surface area contributed by atoms with Crippen LogP contribution in [0.15, 0.2) is 72.9 Å². The van der Waals surface area contributed by atoms with Crippen LogP contribution >= 0.6 is 0 Å². The molecule has 0 spiro atoms. The molecule has 0 aromatic heterocycles. The SMILES string of the molecule is CCCCCCCCCCCC=CC=CC=CC=CC=CC=C[C]=O. The highest BCUT2D eigenvalue weighted by molar-refractivity contribution is 5.66. The lowest BCUT2D eigenvalue weighted by molar-refractivity contribution is 0.564. The Balaban J connectivity index is 3.46. The van der Waals surface area contributed by atoms with Gasteiger partial charge >= 0.3 is 0 Å². The van der Waals surface area contributed by atoms with Crippen molar-refractivity contribution < 1.29 is 4.79 Å². The van der Waals surface area contributed by atoms with Gasteiger partial charge in [0, 0.05) is 0 Å². The van der Waals surface area contributed by atoms with E-state index >= 15 is 0 Å². The molecule has 1 nitrogen and oxygen atoms in total. The van der Waals surface area contributed by atoms with Crippen LogP contribution in [-0.2, 0) is 4.79 Å². The lowest BCUT2D eigenvalue weighted by Crippen LogP contribution is -1.80. The highest BCUT2D eigenvalue weighted by Crippen LogP contribution is 2.10. The molecule has 0 aliphatic rings. The third-order valence-corrected chi connectivity index (χ3v) is 3.77. The standard InChI is InChI=1S/C24H35O/c1-2-3-4-5-6-7-8-9-10-11-12-13-14-15-16-17-18-19-20-21-22-23-24-25/h12-23H,2-11H2,1H3. The fourth-order valence-electron chi connectivity index (χ4n) is 2.36. The van der Waals surface area contributed by atoms with Crippen molar-refractivity contribution in [3.05, 3.63) is 72.9 Å². The van der Waals surface area contributed by atoms with Crippen molar-refractivity contribution in [2.75, 3.05) is 0 Å². The predicted molar refractivity (Wildman–Crippen MR) is 112 cm³/mol. The molecular formula is C24H35O. The van der Waals surface area contributed by atoms with Gasteiger partial charge in [-0.15, -0.1) is 0 Å². The lowest BCUT2D eigenvalue weighted by Gasteiger charge is -2.00. The second-order valence-corrected chi connectivity index (χ2v) is 6.06. The van der Waals surface area contributed by atoms with Crippen LogP contribution in [-0.4, -0.2) is 6.29 Å². The zero-order chi connectivity index (χ0) is 18.3. The van der Waals surface area contributed by atoms with Crippen LogP contribution in [0.1, 0.15) is 71.1 Å². The molecule has 0 saturated heterocycles. The number of allylic oxidation sites excluding steroid dienone is 12. The molecule has 0 unspecified atom stereocenters. The molecule has 0 N–H and O–H groups in total. The van der Waals surface area contributed by atoms with Crippen LogP contribution in [0.2, 0.25) is 0 Å². The molecule has 25 heavy (non-hydrogen) atoms. The third kappa shape index (κ3) is 22.1. The largest absolute Gasteiger partial charge is 0.286 e. The van der Waals surface area contributed by atoms with Gasteiger partial charge in [0.2, 0.25) is 6.29 Å². The molecule has 0 rings (SSSR count). The Morgan fingerprint density at radius 3 is 1.52 bits per heavy atom. The molecule has 0 heterocycles. The number of hydrogen-bond acceptors (Lipinski definition) is 1. The molecule has 0 aliphatic heterocycles. The second kappa shape index (κ2) is 22.1. The second-order valence-electron chi connectivity index (χ2n) is 6.06. The van der Waals surface area contributed by atoms with E-state index in [9.17, 15) is 4.79 Å². The molecule has 1 radical (unpaired) electrons. The van der Waals surface area contributed by atoms with Crippen molar-refractivity contribution in [1.82, 2.24) is 0 Å². The van der Waals surface area contributed by atoms with Crippen molar-refractivity contribution in [3.8, 4) is 0 Å². The first-order valence-electron chi connectivity index (χ1n) is 9.77. The van der Waals surface area contributed by atoms with Gasteiger partial charge in [0.25, 0.3) is 0 Å². The minimum absolute atomic E-state index is 1.18. The molecule has 0 fully saturated rings. The minimum atomic E-state index is 1.18. The summed E-state index contributed by atoms with van der Waals surface area (Å²) in [6.45, 7) is 2.27. The van der Waals surface area contributed by atoms with Crippen LogP contribution in [0.5, 0.6) is 0 Å². The van der Waals surface area contributed by atoms with E-state index in [1.165, 1.54) is 70.3 Å². The lowest BCUT2D eigenvalue weighted by atomic mass is 10.1. The summed E-state index contributed by atoms with van der Waals surface area (Å²) in [5.41, 5.74) is 0. The Bertz CT molecular complexity index is 447. The molecule has 137 valence electrons. The van der Waals surface area contributed by atoms with Crippen LogP contribution in [0.4, 0.5) is 0 Å². The normalized spacial score (nSPS) is 13.0. The average molecular weight is 340 g/mol. The van der Waals surface area contributed by atoms with Gasteiger partial charge in [-0.1, -0.05) is 125 Å².